The molecule has 2 rings (SSSR count). The molecule has 0 aliphatic rings. The van der Waals surface area contributed by atoms with Crippen LogP contribution >= 0.6 is 23.1 Å². The third-order valence-electron chi connectivity index (χ3n) is 2.58. The zero-order valence-electron chi connectivity index (χ0n) is 12.1. The monoisotopic (exact) mass is 323 g/mol. The number of anilines is 1. The molecule has 0 saturated heterocycles. The number of aryl methyl sites for hydroxylation is 1. The minimum atomic E-state index is -0.599. The van der Waals surface area contributed by atoms with E-state index in [9.17, 15) is 4.79 Å². The van der Waals surface area contributed by atoms with Crippen LogP contribution < -0.4 is 10.1 Å². The van der Waals surface area contributed by atoms with Gasteiger partial charge in [0.05, 0.1) is 0 Å². The zero-order valence-corrected chi connectivity index (χ0v) is 13.8. The largest absolute Gasteiger partial charge is 0.481 e. The molecule has 0 aliphatic heterocycles. The number of benzene rings is 1. The van der Waals surface area contributed by atoms with Crippen molar-refractivity contribution in [3.63, 3.8) is 0 Å². The lowest BCUT2D eigenvalue weighted by molar-refractivity contribution is -0.122. The van der Waals surface area contributed by atoms with E-state index in [-0.39, 0.29) is 5.91 Å². The van der Waals surface area contributed by atoms with Crippen molar-refractivity contribution >= 4 is 34.1 Å². The molecule has 0 fully saturated rings. The van der Waals surface area contributed by atoms with Gasteiger partial charge >= 0.3 is 0 Å². The Labute approximate surface area is 132 Å². The van der Waals surface area contributed by atoms with Gasteiger partial charge in [-0.25, -0.2) is 0 Å². The number of aromatic nitrogens is 2. The molecular weight excluding hydrogens is 306 g/mol. The number of thioether (sulfide) groups is 1. The first-order chi connectivity index (χ1) is 10.1. The smallest absolute Gasteiger partial charge is 0.266 e. The lowest BCUT2D eigenvalue weighted by Gasteiger charge is -2.13. The Hall–Kier alpha value is -1.60. The summed E-state index contributed by atoms with van der Waals surface area (Å²) in [6.45, 7) is 5.73. The van der Waals surface area contributed by atoms with Crippen LogP contribution in [0.25, 0.3) is 0 Å². The normalized spacial score (nSPS) is 12.0. The number of carbonyl (C=O) groups is 1. The van der Waals surface area contributed by atoms with Crippen LogP contribution in [0.1, 0.15) is 19.4 Å². The van der Waals surface area contributed by atoms with Gasteiger partial charge in [0.2, 0.25) is 5.13 Å². The van der Waals surface area contributed by atoms with Gasteiger partial charge < -0.3 is 4.74 Å². The maximum atomic E-state index is 12.1. The summed E-state index contributed by atoms with van der Waals surface area (Å²) in [5.74, 6) is 1.37. The molecule has 112 valence electrons. The highest BCUT2D eigenvalue weighted by atomic mass is 32.2. The number of rotatable bonds is 6. The molecule has 1 aromatic carbocycles. The number of hydrogen-bond donors (Lipinski definition) is 1. The van der Waals surface area contributed by atoms with E-state index in [1.54, 1.807) is 18.7 Å². The number of ether oxygens (including phenoxy) is 1. The van der Waals surface area contributed by atoms with Crippen LogP contribution in [0.5, 0.6) is 5.75 Å². The Morgan fingerprint density at radius 2 is 2.29 bits per heavy atom. The Balaban J connectivity index is 1.92. The Morgan fingerprint density at radius 1 is 1.48 bits per heavy atom. The highest BCUT2D eigenvalue weighted by Crippen LogP contribution is 2.25. The number of carbonyl (C=O) groups excluding carboxylic acids is 1. The highest BCUT2D eigenvalue weighted by molar-refractivity contribution is 8.01. The summed E-state index contributed by atoms with van der Waals surface area (Å²) in [6, 6.07) is 7.60. The first kappa shape index (κ1) is 15.8. The first-order valence-corrected chi connectivity index (χ1v) is 8.39. The van der Waals surface area contributed by atoms with Crippen LogP contribution in [0.3, 0.4) is 0 Å². The molecule has 0 spiro atoms. The quantitative estimate of drug-likeness (QED) is 0.652. The summed E-state index contributed by atoms with van der Waals surface area (Å²) in [6.07, 6.45) is -0.599. The molecule has 21 heavy (non-hydrogen) atoms. The topological polar surface area (TPSA) is 64.1 Å². The molecule has 1 N–H and O–H groups in total. The standard InChI is InChI=1S/C14H17N3O2S2/c1-4-20-14-17-16-13(21-14)15-12(18)10(3)19-11-7-5-6-9(2)8-11/h5-8,10H,4H2,1-3H3,(H,15,16,18)/t10-/m0/s1. The lowest BCUT2D eigenvalue weighted by atomic mass is 10.2. The SMILES string of the molecule is CCSc1nnc(NC(=O)[C@H](C)Oc2cccc(C)c2)s1. The second-order valence-corrected chi connectivity index (χ2v) is 6.86. The van der Waals surface area contributed by atoms with E-state index in [0.717, 1.165) is 15.7 Å². The zero-order chi connectivity index (χ0) is 15.2. The molecule has 1 atom stereocenters. The molecule has 2 aromatic rings. The second-order valence-electron chi connectivity index (χ2n) is 4.37. The van der Waals surface area contributed by atoms with Gasteiger partial charge in [0.1, 0.15) is 5.75 Å². The number of amides is 1. The van der Waals surface area contributed by atoms with E-state index in [1.165, 1.54) is 11.3 Å². The summed E-state index contributed by atoms with van der Waals surface area (Å²) < 4.78 is 6.47. The highest BCUT2D eigenvalue weighted by Gasteiger charge is 2.17. The van der Waals surface area contributed by atoms with Crippen LogP contribution in [-0.4, -0.2) is 28.0 Å². The van der Waals surface area contributed by atoms with Crippen molar-refractivity contribution in [3.8, 4) is 5.75 Å². The summed E-state index contributed by atoms with van der Waals surface area (Å²) in [4.78, 5) is 12.1. The van der Waals surface area contributed by atoms with Gasteiger partial charge in [0.25, 0.3) is 5.91 Å². The maximum Gasteiger partial charge on any atom is 0.266 e. The molecule has 7 heteroatoms. The number of nitrogens with zero attached hydrogens (tertiary/aromatic N) is 2. The summed E-state index contributed by atoms with van der Waals surface area (Å²) in [7, 11) is 0. The molecule has 0 aliphatic carbocycles. The van der Waals surface area contributed by atoms with E-state index in [0.29, 0.717) is 10.9 Å². The average molecular weight is 323 g/mol. The molecule has 0 bridgehead atoms. The van der Waals surface area contributed by atoms with Gasteiger partial charge in [-0.05, 0) is 37.3 Å². The molecule has 1 amide bonds. The first-order valence-electron chi connectivity index (χ1n) is 6.59. The predicted octanol–water partition coefficient (Wildman–Crippen LogP) is 3.36. The average Bonchev–Trinajstić information content (AvgIpc) is 2.86. The summed E-state index contributed by atoms with van der Waals surface area (Å²) in [5, 5.41) is 11.1. The van der Waals surface area contributed by atoms with E-state index in [1.807, 2.05) is 38.1 Å². The Bertz CT molecular complexity index is 616. The third kappa shape index (κ3) is 4.71. The van der Waals surface area contributed by atoms with E-state index >= 15 is 0 Å². The fourth-order valence-electron chi connectivity index (χ4n) is 1.60. The van der Waals surface area contributed by atoms with E-state index in [2.05, 4.69) is 15.5 Å². The van der Waals surface area contributed by atoms with Crippen molar-refractivity contribution in [2.45, 2.75) is 31.2 Å². The van der Waals surface area contributed by atoms with Crippen molar-refractivity contribution in [2.75, 3.05) is 11.1 Å². The van der Waals surface area contributed by atoms with E-state index < -0.39 is 6.10 Å². The molecule has 0 radical (unpaired) electrons. The van der Waals surface area contributed by atoms with Crippen LogP contribution in [0.4, 0.5) is 5.13 Å². The van der Waals surface area contributed by atoms with E-state index in [4.69, 9.17) is 4.74 Å². The van der Waals surface area contributed by atoms with Crippen molar-refractivity contribution in [3.05, 3.63) is 29.8 Å². The van der Waals surface area contributed by atoms with Gasteiger partial charge in [0, 0.05) is 0 Å². The molecule has 0 saturated carbocycles. The van der Waals surface area contributed by atoms with Gasteiger partial charge in [-0.2, -0.15) is 0 Å². The van der Waals surface area contributed by atoms with Crippen LogP contribution in [0.15, 0.2) is 28.6 Å². The number of nitrogens with one attached hydrogen (secondary N) is 1. The lowest BCUT2D eigenvalue weighted by Crippen LogP contribution is -2.30. The van der Waals surface area contributed by atoms with Crippen molar-refractivity contribution < 1.29 is 9.53 Å². The Kier molecular flexibility index (Phi) is 5.58. The van der Waals surface area contributed by atoms with Gasteiger partial charge in [-0.3, -0.25) is 10.1 Å². The predicted molar refractivity (Wildman–Crippen MR) is 86.2 cm³/mol. The molecule has 5 nitrogen and oxygen atoms in total. The maximum absolute atomic E-state index is 12.1. The van der Waals surface area contributed by atoms with Crippen molar-refractivity contribution in [1.82, 2.24) is 10.2 Å². The minimum Gasteiger partial charge on any atom is -0.481 e. The van der Waals surface area contributed by atoms with Crippen LogP contribution in [0.2, 0.25) is 0 Å². The van der Waals surface area contributed by atoms with Crippen molar-refractivity contribution in [1.29, 1.82) is 0 Å². The van der Waals surface area contributed by atoms with Gasteiger partial charge in [0.15, 0.2) is 10.4 Å². The third-order valence-corrected chi connectivity index (χ3v) is 4.43. The second kappa shape index (κ2) is 7.42. The minimum absolute atomic E-state index is 0.235. The molecule has 1 heterocycles. The molecular formula is C14H17N3O2S2. The Morgan fingerprint density at radius 3 is 3.00 bits per heavy atom. The summed E-state index contributed by atoms with van der Waals surface area (Å²) >= 11 is 2.96. The van der Waals surface area contributed by atoms with Gasteiger partial charge in [-0.1, -0.05) is 42.2 Å². The fraction of sp³-hybridized carbons (Fsp3) is 0.357. The molecule has 1 aromatic heterocycles. The number of hydrogen-bond acceptors (Lipinski definition) is 6. The van der Waals surface area contributed by atoms with Crippen molar-refractivity contribution in [2.24, 2.45) is 0 Å². The van der Waals surface area contributed by atoms with Crippen LogP contribution in [-0.2, 0) is 4.79 Å². The molecule has 0 unspecified atom stereocenters. The fourth-order valence-corrected chi connectivity index (χ4v) is 3.25. The van der Waals surface area contributed by atoms with Crippen LogP contribution in [0, 0.1) is 6.92 Å². The van der Waals surface area contributed by atoms with Gasteiger partial charge in [-0.15, -0.1) is 10.2 Å². The summed E-state index contributed by atoms with van der Waals surface area (Å²) in [5.41, 5.74) is 1.09.